The fourth-order valence-corrected chi connectivity index (χ4v) is 4.47. The molecule has 2 aliphatic heterocycles. The minimum Gasteiger partial charge on any atom is -0.319 e. The fourth-order valence-electron chi connectivity index (χ4n) is 2.90. The highest BCUT2D eigenvalue weighted by atomic mass is 32.2. The van der Waals surface area contributed by atoms with Gasteiger partial charge in [-0.05, 0) is 6.92 Å². The highest BCUT2D eigenvalue weighted by Gasteiger charge is 2.53. The molecule has 0 aliphatic carbocycles. The fraction of sp³-hybridized carbons (Fsp3) is 0.818. The Morgan fingerprint density at radius 2 is 2.44 bits per heavy atom. The summed E-state index contributed by atoms with van der Waals surface area (Å²) >= 11 is 1.70. The number of hydrogen-bond donors (Lipinski definition) is 3. The van der Waals surface area contributed by atoms with Gasteiger partial charge in [0.05, 0.1) is 18.8 Å². The summed E-state index contributed by atoms with van der Waals surface area (Å²) in [4.78, 5) is 26.5. The lowest BCUT2D eigenvalue weighted by Crippen LogP contribution is -3.24. The number of quaternary nitrogens is 1. The van der Waals surface area contributed by atoms with E-state index in [2.05, 4.69) is 19.3 Å². The zero-order valence-corrected chi connectivity index (χ0v) is 11.7. The number of nitrogens with one attached hydrogen (secondary N) is 2. The lowest BCUT2D eigenvalue weighted by molar-refractivity contribution is -0.949. The maximum atomic E-state index is 11.8. The number of nitrogens with zero attached hydrogens (tertiary/aromatic N) is 1. The summed E-state index contributed by atoms with van der Waals surface area (Å²) in [5, 5.41) is 0.185. The molecule has 0 bridgehead atoms. The molecule has 0 radical (unpaired) electrons. The molecule has 0 aromatic carbocycles. The summed E-state index contributed by atoms with van der Waals surface area (Å²) in [6.07, 6.45) is 0.932. The maximum absolute atomic E-state index is 11.8. The van der Waals surface area contributed by atoms with Crippen molar-refractivity contribution >= 4 is 23.6 Å². The molecule has 4 N–H and O–H groups in total. The van der Waals surface area contributed by atoms with E-state index >= 15 is 0 Å². The average molecular weight is 273 g/mol. The summed E-state index contributed by atoms with van der Waals surface area (Å²) < 4.78 is 0. The van der Waals surface area contributed by atoms with E-state index in [0.29, 0.717) is 12.3 Å². The SMILES string of the molecule is CC[C@@]1(C)[C@H]2SCC(=O)N2CC[NH+]1CC(=O)NN. The molecule has 2 aliphatic rings. The van der Waals surface area contributed by atoms with Gasteiger partial charge in [0.2, 0.25) is 5.91 Å². The van der Waals surface area contributed by atoms with Gasteiger partial charge in [-0.3, -0.25) is 15.0 Å². The molecular formula is C11H21N4O2S+. The number of fused-ring (bicyclic) bond motifs is 1. The molecule has 1 unspecified atom stereocenters. The van der Waals surface area contributed by atoms with Gasteiger partial charge in [-0.25, -0.2) is 5.84 Å². The van der Waals surface area contributed by atoms with Crippen molar-refractivity contribution in [3.05, 3.63) is 0 Å². The number of piperazine rings is 1. The molecule has 0 aromatic heterocycles. The Morgan fingerprint density at radius 1 is 1.72 bits per heavy atom. The van der Waals surface area contributed by atoms with Gasteiger partial charge in [-0.2, -0.15) is 0 Å². The first-order chi connectivity index (χ1) is 8.52. The van der Waals surface area contributed by atoms with Crippen LogP contribution in [0.15, 0.2) is 0 Å². The van der Waals surface area contributed by atoms with E-state index in [-0.39, 0.29) is 22.7 Å². The van der Waals surface area contributed by atoms with Gasteiger partial charge < -0.3 is 9.80 Å². The number of carbonyl (C=O) groups is 2. The van der Waals surface area contributed by atoms with Crippen molar-refractivity contribution < 1.29 is 14.5 Å². The number of hydrogen-bond acceptors (Lipinski definition) is 4. The first-order valence-corrected chi connectivity index (χ1v) is 7.33. The van der Waals surface area contributed by atoms with E-state index < -0.39 is 0 Å². The van der Waals surface area contributed by atoms with Crippen LogP contribution in [0.3, 0.4) is 0 Å². The molecule has 7 heteroatoms. The van der Waals surface area contributed by atoms with Crippen molar-refractivity contribution in [1.82, 2.24) is 10.3 Å². The largest absolute Gasteiger partial charge is 0.319 e. The summed E-state index contributed by atoms with van der Waals surface area (Å²) in [6, 6.07) is 0. The zero-order valence-electron chi connectivity index (χ0n) is 10.9. The smallest absolute Gasteiger partial charge is 0.289 e. The molecule has 0 aromatic rings. The lowest BCUT2D eigenvalue weighted by Gasteiger charge is -2.48. The van der Waals surface area contributed by atoms with Crippen LogP contribution in [0.25, 0.3) is 0 Å². The minimum atomic E-state index is -0.146. The van der Waals surface area contributed by atoms with Crippen molar-refractivity contribution in [2.45, 2.75) is 31.2 Å². The monoisotopic (exact) mass is 273 g/mol. The minimum absolute atomic E-state index is 0.0818. The molecule has 102 valence electrons. The first-order valence-electron chi connectivity index (χ1n) is 6.28. The molecule has 18 heavy (non-hydrogen) atoms. The number of carbonyl (C=O) groups excluding carboxylic acids is 2. The van der Waals surface area contributed by atoms with E-state index in [0.717, 1.165) is 19.5 Å². The van der Waals surface area contributed by atoms with Crippen molar-refractivity contribution in [1.29, 1.82) is 0 Å². The van der Waals surface area contributed by atoms with Crippen LogP contribution in [0, 0.1) is 0 Å². The van der Waals surface area contributed by atoms with Crippen molar-refractivity contribution in [3.63, 3.8) is 0 Å². The summed E-state index contributed by atoms with van der Waals surface area (Å²) in [5.74, 6) is 5.81. The Kier molecular flexibility index (Phi) is 3.84. The Labute approximate surface area is 111 Å². The van der Waals surface area contributed by atoms with Crippen LogP contribution < -0.4 is 16.2 Å². The number of thioether (sulfide) groups is 1. The van der Waals surface area contributed by atoms with E-state index in [9.17, 15) is 9.59 Å². The normalized spacial score (nSPS) is 35.5. The van der Waals surface area contributed by atoms with E-state index in [1.165, 1.54) is 4.90 Å². The standard InChI is InChI=1S/C11H20N4O2S/c1-3-11(2)10-15(9(17)7-18-10)5-4-14(11)6-8(16)13-12/h10H,3-7,12H2,1-2H3,(H,13,16)/p+1/t10-,11+/m1/s1. The number of nitrogens with two attached hydrogens (primary N) is 1. The molecule has 2 fully saturated rings. The van der Waals surface area contributed by atoms with Gasteiger partial charge in [-0.15, -0.1) is 11.8 Å². The Hall–Kier alpha value is -0.790. The Bertz CT molecular complexity index is 365. The van der Waals surface area contributed by atoms with E-state index in [4.69, 9.17) is 5.84 Å². The van der Waals surface area contributed by atoms with Gasteiger partial charge in [0.1, 0.15) is 10.9 Å². The third-order valence-corrected chi connectivity index (χ3v) is 5.75. The van der Waals surface area contributed by atoms with Gasteiger partial charge in [0, 0.05) is 6.42 Å². The van der Waals surface area contributed by atoms with Crippen LogP contribution in [0.5, 0.6) is 0 Å². The van der Waals surface area contributed by atoms with Crippen molar-refractivity contribution in [3.8, 4) is 0 Å². The van der Waals surface area contributed by atoms with Crippen LogP contribution in [0.2, 0.25) is 0 Å². The average Bonchev–Trinajstić information content (AvgIpc) is 2.75. The van der Waals surface area contributed by atoms with Crippen LogP contribution >= 0.6 is 11.8 Å². The Balaban J connectivity index is 2.18. The number of rotatable bonds is 3. The molecule has 2 amide bonds. The van der Waals surface area contributed by atoms with Crippen LogP contribution in [0.4, 0.5) is 0 Å². The molecule has 0 saturated carbocycles. The molecular weight excluding hydrogens is 252 g/mol. The third-order valence-electron chi connectivity index (χ3n) is 4.24. The van der Waals surface area contributed by atoms with Crippen molar-refractivity contribution in [2.75, 3.05) is 25.4 Å². The molecule has 3 atom stereocenters. The molecule has 2 saturated heterocycles. The van der Waals surface area contributed by atoms with Crippen LogP contribution in [-0.4, -0.2) is 53.0 Å². The second kappa shape index (κ2) is 5.07. The maximum Gasteiger partial charge on any atom is 0.289 e. The highest BCUT2D eigenvalue weighted by Crippen LogP contribution is 2.34. The molecule has 2 rings (SSSR count). The first kappa shape index (κ1) is 13.6. The summed E-state index contributed by atoms with van der Waals surface area (Å²) in [7, 11) is 0. The van der Waals surface area contributed by atoms with Gasteiger partial charge in [0.25, 0.3) is 5.91 Å². The summed E-state index contributed by atoms with van der Waals surface area (Å²) in [6.45, 7) is 6.20. The number of hydrazine groups is 1. The summed E-state index contributed by atoms with van der Waals surface area (Å²) in [5.41, 5.74) is 2.11. The van der Waals surface area contributed by atoms with Crippen LogP contribution in [0.1, 0.15) is 20.3 Å². The van der Waals surface area contributed by atoms with E-state index in [1.54, 1.807) is 11.8 Å². The predicted octanol–water partition coefficient (Wildman–Crippen LogP) is -2.05. The van der Waals surface area contributed by atoms with Crippen molar-refractivity contribution in [2.24, 2.45) is 5.84 Å². The van der Waals surface area contributed by atoms with Crippen LogP contribution in [-0.2, 0) is 9.59 Å². The highest BCUT2D eigenvalue weighted by molar-refractivity contribution is 8.01. The second-order valence-corrected chi connectivity index (χ2v) is 6.19. The molecule has 0 spiro atoms. The molecule has 2 heterocycles. The zero-order chi connectivity index (χ0) is 13.3. The third kappa shape index (κ3) is 2.10. The number of amides is 2. The quantitative estimate of drug-likeness (QED) is 0.314. The van der Waals surface area contributed by atoms with Gasteiger partial charge in [-0.1, -0.05) is 6.92 Å². The van der Waals surface area contributed by atoms with Gasteiger partial charge >= 0.3 is 0 Å². The Morgan fingerprint density at radius 3 is 3.06 bits per heavy atom. The predicted molar refractivity (Wildman–Crippen MR) is 69.7 cm³/mol. The topological polar surface area (TPSA) is 79.9 Å². The second-order valence-electron chi connectivity index (χ2n) is 5.12. The van der Waals surface area contributed by atoms with Gasteiger partial charge in [0.15, 0.2) is 6.54 Å². The van der Waals surface area contributed by atoms with E-state index in [1.807, 2.05) is 4.90 Å². The lowest BCUT2D eigenvalue weighted by atomic mass is 9.92. The molecule has 6 nitrogen and oxygen atoms in total.